The van der Waals surface area contributed by atoms with E-state index in [-0.39, 0.29) is 91.9 Å². The summed E-state index contributed by atoms with van der Waals surface area (Å²) in [6, 6.07) is 19.0. The molecule has 47 heavy (non-hydrogen) atoms. The van der Waals surface area contributed by atoms with Crippen LogP contribution in [-0.2, 0) is 0 Å². The number of benzene rings is 7. The van der Waals surface area contributed by atoms with Gasteiger partial charge in [0.25, 0.3) is 0 Å². The molecule has 7 aromatic carbocycles. The summed E-state index contributed by atoms with van der Waals surface area (Å²) in [5.41, 5.74) is 1.52. The van der Waals surface area contributed by atoms with Gasteiger partial charge in [-0.05, 0) is 63.3 Å². The van der Waals surface area contributed by atoms with Crippen LogP contribution in [0.25, 0.3) is 89.1 Å². The van der Waals surface area contributed by atoms with Crippen molar-refractivity contribution in [1.29, 1.82) is 0 Å². The Labute approximate surface area is 289 Å². The molecule has 0 amide bonds. The smallest absolute Gasteiger partial charge is 0.164 e. The Morgan fingerprint density at radius 3 is 2.02 bits per heavy atom. The Balaban J connectivity index is 1.32. The third-order valence-corrected chi connectivity index (χ3v) is 7.80. The molecule has 4 heteroatoms. The average Bonchev–Trinajstić information content (AvgIpc) is 3.62. The molecule has 0 atom stereocenters. The number of hydrogen-bond donors (Lipinski definition) is 0. The standard InChI is InChI=1S/C43H27N3O/c1-4-11-28(12-5-1)31-19-20-33-26-35(22-21-32(33)25-31)42-44-41(30-15-8-3-9-16-30)45-43(46-42)37-17-10-18-38-40(37)36-24-23-34(27-39(36)47-38)29-13-6-2-7-14-29/h1-27H/i2D,3D,6D,8D,9D,13D,14D,15D,16D,17D,18D,23D,27D. The van der Waals surface area contributed by atoms with Gasteiger partial charge in [0, 0.05) is 27.5 Å². The maximum atomic E-state index is 9.16. The highest BCUT2D eigenvalue weighted by molar-refractivity contribution is 6.12. The topological polar surface area (TPSA) is 51.8 Å². The first kappa shape index (κ1) is 16.8. The van der Waals surface area contributed by atoms with Crippen molar-refractivity contribution in [1.82, 2.24) is 15.0 Å². The summed E-state index contributed by atoms with van der Waals surface area (Å²) in [7, 11) is 0. The molecule has 0 aliphatic heterocycles. The summed E-state index contributed by atoms with van der Waals surface area (Å²) in [6.45, 7) is 0. The second-order valence-electron chi connectivity index (χ2n) is 10.7. The molecule has 9 rings (SSSR count). The average molecular weight is 615 g/mol. The zero-order valence-electron chi connectivity index (χ0n) is 37.3. The van der Waals surface area contributed by atoms with Crippen molar-refractivity contribution in [3.05, 3.63) is 163 Å². The zero-order valence-corrected chi connectivity index (χ0v) is 24.3. The van der Waals surface area contributed by atoms with E-state index >= 15 is 0 Å². The normalized spacial score (nSPS) is 15.3. The van der Waals surface area contributed by atoms with Crippen molar-refractivity contribution in [3.63, 3.8) is 0 Å². The highest BCUT2D eigenvalue weighted by Gasteiger charge is 2.18. The van der Waals surface area contributed by atoms with E-state index in [0.717, 1.165) is 28.0 Å². The molecule has 2 aromatic heterocycles. The first-order valence-electron chi connectivity index (χ1n) is 21.1. The molecule has 0 unspecified atom stereocenters. The van der Waals surface area contributed by atoms with Crippen LogP contribution in [-0.4, -0.2) is 15.0 Å². The largest absolute Gasteiger partial charge is 0.456 e. The summed E-state index contributed by atoms with van der Waals surface area (Å²) in [4.78, 5) is 14.1. The van der Waals surface area contributed by atoms with Crippen LogP contribution in [0, 0.1) is 0 Å². The third-order valence-electron chi connectivity index (χ3n) is 7.80. The van der Waals surface area contributed by atoms with E-state index in [0.29, 0.717) is 5.56 Å². The van der Waals surface area contributed by atoms with Gasteiger partial charge >= 0.3 is 0 Å². The van der Waals surface area contributed by atoms with Gasteiger partial charge in [-0.3, -0.25) is 0 Å². The van der Waals surface area contributed by atoms with Gasteiger partial charge in [-0.2, -0.15) is 0 Å². The molecule has 0 radical (unpaired) electrons. The molecule has 0 saturated carbocycles. The van der Waals surface area contributed by atoms with Gasteiger partial charge in [-0.15, -0.1) is 0 Å². The molecule has 0 aliphatic rings. The summed E-state index contributed by atoms with van der Waals surface area (Å²) < 4.78 is 118. The zero-order chi connectivity index (χ0) is 42.5. The lowest BCUT2D eigenvalue weighted by atomic mass is 9.99. The van der Waals surface area contributed by atoms with E-state index in [1.807, 2.05) is 60.7 Å². The fourth-order valence-corrected chi connectivity index (χ4v) is 5.57. The lowest BCUT2D eigenvalue weighted by molar-refractivity contribution is 0.669. The van der Waals surface area contributed by atoms with Crippen LogP contribution in [0.3, 0.4) is 0 Å². The van der Waals surface area contributed by atoms with E-state index in [1.165, 1.54) is 12.1 Å². The Kier molecular flexibility index (Phi) is 4.00. The first-order chi connectivity index (χ1) is 28.6. The van der Waals surface area contributed by atoms with Crippen LogP contribution in [0.4, 0.5) is 0 Å². The van der Waals surface area contributed by atoms with Crippen LogP contribution >= 0.6 is 0 Å². The van der Waals surface area contributed by atoms with E-state index in [2.05, 4.69) is 9.97 Å². The second-order valence-corrected chi connectivity index (χ2v) is 10.7. The van der Waals surface area contributed by atoms with Gasteiger partial charge < -0.3 is 4.42 Å². The Morgan fingerprint density at radius 2 is 1.17 bits per heavy atom. The van der Waals surface area contributed by atoms with E-state index in [9.17, 15) is 0 Å². The minimum Gasteiger partial charge on any atom is -0.456 e. The summed E-state index contributed by atoms with van der Waals surface area (Å²) in [6.07, 6.45) is 0. The van der Waals surface area contributed by atoms with Gasteiger partial charge in [0.15, 0.2) is 17.5 Å². The van der Waals surface area contributed by atoms with Crippen molar-refractivity contribution in [2.45, 2.75) is 0 Å². The maximum absolute atomic E-state index is 9.16. The summed E-state index contributed by atoms with van der Waals surface area (Å²) in [5.74, 6) is -0.444. The monoisotopic (exact) mass is 614 g/mol. The predicted molar refractivity (Wildman–Crippen MR) is 192 cm³/mol. The SMILES string of the molecule is [2H]c1cc([2H])c(-c2c([2H])cc3c(oc4c([2H])cc([2H])c(-c5nc(-c6ccc7cc(-c8ccccc8)ccc7c6)nc(-c6c([2H])c([2H])c([2H])c([2H])c6[2H])n5)c43)c2[2H])c([2H])c1[2H]. The maximum Gasteiger partial charge on any atom is 0.164 e. The van der Waals surface area contributed by atoms with Crippen LogP contribution in [0.15, 0.2) is 168 Å². The van der Waals surface area contributed by atoms with E-state index in [1.54, 1.807) is 6.07 Å². The number of nitrogens with zero attached hydrogens (tertiary/aromatic N) is 3. The fourth-order valence-electron chi connectivity index (χ4n) is 5.57. The van der Waals surface area contributed by atoms with Crippen LogP contribution in [0.1, 0.15) is 17.8 Å². The third kappa shape index (κ3) is 4.93. The molecular formula is C43H27N3O. The lowest BCUT2D eigenvalue weighted by Crippen LogP contribution is -2.00. The molecule has 0 N–H and O–H groups in total. The molecule has 9 aromatic rings. The molecule has 0 aliphatic carbocycles. The molecule has 0 saturated heterocycles. The van der Waals surface area contributed by atoms with Gasteiger partial charge in [0.1, 0.15) is 11.2 Å². The van der Waals surface area contributed by atoms with Gasteiger partial charge in [0.05, 0.1) is 17.8 Å². The number of hydrogen-bond acceptors (Lipinski definition) is 4. The van der Waals surface area contributed by atoms with Crippen molar-refractivity contribution < 1.29 is 22.2 Å². The molecule has 0 spiro atoms. The minimum atomic E-state index is -0.611. The Morgan fingerprint density at radius 1 is 0.447 bits per heavy atom. The Bertz CT molecular complexity index is 3290. The van der Waals surface area contributed by atoms with Crippen LogP contribution < -0.4 is 0 Å². The van der Waals surface area contributed by atoms with E-state index in [4.69, 9.17) is 27.2 Å². The van der Waals surface area contributed by atoms with E-state index < -0.39 is 48.3 Å². The quantitative estimate of drug-likeness (QED) is 0.193. The van der Waals surface area contributed by atoms with Crippen molar-refractivity contribution in [2.24, 2.45) is 0 Å². The molecule has 220 valence electrons. The van der Waals surface area contributed by atoms with Crippen molar-refractivity contribution in [2.75, 3.05) is 0 Å². The van der Waals surface area contributed by atoms with Gasteiger partial charge in [-0.1, -0.05) is 133 Å². The highest BCUT2D eigenvalue weighted by Crippen LogP contribution is 2.38. The summed E-state index contributed by atoms with van der Waals surface area (Å²) in [5, 5.41) is 1.92. The number of furan rings is 1. The molecule has 4 nitrogen and oxygen atoms in total. The second kappa shape index (κ2) is 11.2. The molecular weight excluding hydrogens is 574 g/mol. The van der Waals surface area contributed by atoms with Gasteiger partial charge in [0.2, 0.25) is 0 Å². The minimum absolute atomic E-state index is 0.0220. The number of rotatable bonds is 5. The van der Waals surface area contributed by atoms with Gasteiger partial charge in [-0.25, -0.2) is 15.0 Å². The molecule has 0 fully saturated rings. The highest BCUT2D eigenvalue weighted by atomic mass is 16.3. The van der Waals surface area contributed by atoms with Crippen LogP contribution in [0.5, 0.6) is 0 Å². The fraction of sp³-hybridized carbons (Fsp3) is 0. The van der Waals surface area contributed by atoms with Crippen molar-refractivity contribution >= 4 is 32.7 Å². The Hall–Kier alpha value is -6.39. The molecule has 2 heterocycles. The number of aromatic nitrogens is 3. The number of fused-ring (bicyclic) bond motifs is 4. The lowest BCUT2D eigenvalue weighted by Gasteiger charge is -2.10. The molecule has 0 bridgehead atoms. The summed E-state index contributed by atoms with van der Waals surface area (Å²) >= 11 is 0. The predicted octanol–water partition coefficient (Wildman–Crippen LogP) is 11.3. The van der Waals surface area contributed by atoms with Crippen molar-refractivity contribution in [3.8, 4) is 56.4 Å². The first-order valence-corrected chi connectivity index (χ1v) is 14.6. The van der Waals surface area contributed by atoms with Crippen LogP contribution in [0.2, 0.25) is 0 Å².